The van der Waals surface area contributed by atoms with Gasteiger partial charge in [0.2, 0.25) is 5.91 Å². The van der Waals surface area contributed by atoms with E-state index < -0.39 is 0 Å². The normalized spacial score (nSPS) is 10.0. The van der Waals surface area contributed by atoms with Gasteiger partial charge in [0.15, 0.2) is 0 Å². The Balaban J connectivity index is 2.17. The Hall–Kier alpha value is -1.03. The number of benzene rings is 1. The summed E-state index contributed by atoms with van der Waals surface area (Å²) in [5, 5.41) is 6.11. The van der Waals surface area contributed by atoms with Gasteiger partial charge in [0.05, 0.1) is 0 Å². The van der Waals surface area contributed by atoms with E-state index in [0.29, 0.717) is 13.0 Å². The smallest absolute Gasteiger partial charge is 0.221 e. The van der Waals surface area contributed by atoms with Crippen molar-refractivity contribution >= 4 is 27.5 Å². The summed E-state index contributed by atoms with van der Waals surface area (Å²) in [5.74, 6) is 0.112. The van der Waals surface area contributed by atoms with Crippen molar-refractivity contribution in [3.63, 3.8) is 0 Å². The van der Waals surface area contributed by atoms with Crippen LogP contribution in [0.2, 0.25) is 0 Å². The molecule has 0 aliphatic carbocycles. The average Bonchev–Trinajstić information content (AvgIpc) is 2.29. The maximum atomic E-state index is 11.4. The number of hydrogen-bond acceptors (Lipinski definition) is 2. The number of nitrogens with one attached hydrogen (secondary N) is 2. The van der Waals surface area contributed by atoms with Crippen LogP contribution in [0.25, 0.3) is 0 Å². The van der Waals surface area contributed by atoms with Crippen LogP contribution in [0.4, 0.5) is 5.69 Å². The Morgan fingerprint density at radius 1 is 1.35 bits per heavy atom. The largest absolute Gasteiger partial charge is 0.384 e. The van der Waals surface area contributed by atoms with E-state index in [1.807, 2.05) is 24.3 Å². The third-order valence-electron chi connectivity index (χ3n) is 2.36. The third-order valence-corrected chi connectivity index (χ3v) is 2.85. The van der Waals surface area contributed by atoms with Crippen molar-refractivity contribution in [1.82, 2.24) is 5.32 Å². The van der Waals surface area contributed by atoms with Crippen LogP contribution in [0.3, 0.4) is 0 Å². The van der Waals surface area contributed by atoms with Gasteiger partial charge >= 0.3 is 0 Å². The Bertz CT molecular complexity index is 355. The molecular weight excluding hydrogens is 280 g/mol. The molecule has 1 aromatic carbocycles. The number of anilines is 1. The molecule has 0 heterocycles. The first-order valence-corrected chi connectivity index (χ1v) is 6.78. The zero-order valence-corrected chi connectivity index (χ0v) is 11.7. The van der Waals surface area contributed by atoms with Gasteiger partial charge in [-0.15, -0.1) is 0 Å². The molecule has 4 heteroatoms. The lowest BCUT2D eigenvalue weighted by Crippen LogP contribution is -2.26. The van der Waals surface area contributed by atoms with Crippen LogP contribution in [0.1, 0.15) is 26.2 Å². The highest BCUT2D eigenvalue weighted by Crippen LogP contribution is 2.15. The predicted octanol–water partition coefficient (Wildman–Crippen LogP) is 3.17. The lowest BCUT2D eigenvalue weighted by atomic mass is 10.3. The molecule has 1 rings (SSSR count). The molecule has 0 aromatic heterocycles. The highest BCUT2D eigenvalue weighted by atomic mass is 79.9. The van der Waals surface area contributed by atoms with Gasteiger partial charge in [0.25, 0.3) is 0 Å². The molecular formula is C13H19BrN2O. The van der Waals surface area contributed by atoms with Gasteiger partial charge in [-0.3, -0.25) is 4.79 Å². The van der Waals surface area contributed by atoms with Gasteiger partial charge < -0.3 is 10.6 Å². The maximum Gasteiger partial charge on any atom is 0.221 e. The number of halogens is 1. The van der Waals surface area contributed by atoms with Crippen LogP contribution in [0.5, 0.6) is 0 Å². The summed E-state index contributed by atoms with van der Waals surface area (Å²) in [7, 11) is 0. The standard InChI is InChI=1S/C13H19BrN2O/c1-2-3-8-16-13(17)7-9-15-12-6-4-5-11(14)10-12/h4-6,10,15H,2-3,7-9H2,1H3,(H,16,17). The van der Waals surface area contributed by atoms with Gasteiger partial charge in [0, 0.05) is 29.7 Å². The second-order valence-electron chi connectivity index (χ2n) is 3.89. The summed E-state index contributed by atoms with van der Waals surface area (Å²) in [4.78, 5) is 11.4. The van der Waals surface area contributed by atoms with Crippen LogP contribution >= 0.6 is 15.9 Å². The molecule has 0 bridgehead atoms. The van der Waals surface area contributed by atoms with Crippen molar-refractivity contribution in [3.05, 3.63) is 28.7 Å². The second-order valence-corrected chi connectivity index (χ2v) is 4.81. The summed E-state index contributed by atoms with van der Waals surface area (Å²) in [6.45, 7) is 3.56. The minimum absolute atomic E-state index is 0.112. The Kier molecular flexibility index (Phi) is 6.70. The summed E-state index contributed by atoms with van der Waals surface area (Å²) in [5.41, 5.74) is 1.03. The van der Waals surface area contributed by atoms with Crippen LogP contribution in [0.15, 0.2) is 28.7 Å². The van der Waals surface area contributed by atoms with E-state index in [2.05, 4.69) is 33.5 Å². The van der Waals surface area contributed by atoms with Gasteiger partial charge in [-0.2, -0.15) is 0 Å². The fraction of sp³-hybridized carbons (Fsp3) is 0.462. The van der Waals surface area contributed by atoms with E-state index in [0.717, 1.165) is 29.5 Å². The highest BCUT2D eigenvalue weighted by molar-refractivity contribution is 9.10. The summed E-state index contributed by atoms with van der Waals surface area (Å²) in [6, 6.07) is 7.92. The van der Waals surface area contributed by atoms with E-state index in [1.54, 1.807) is 0 Å². The van der Waals surface area contributed by atoms with Crippen molar-refractivity contribution in [2.75, 3.05) is 18.4 Å². The van der Waals surface area contributed by atoms with Crippen molar-refractivity contribution in [3.8, 4) is 0 Å². The Morgan fingerprint density at radius 2 is 2.18 bits per heavy atom. The van der Waals surface area contributed by atoms with E-state index in [1.165, 1.54) is 0 Å². The molecule has 0 atom stereocenters. The Morgan fingerprint density at radius 3 is 2.88 bits per heavy atom. The molecule has 17 heavy (non-hydrogen) atoms. The molecule has 1 aromatic rings. The molecule has 0 radical (unpaired) electrons. The van der Waals surface area contributed by atoms with Crippen LogP contribution in [0, 0.1) is 0 Å². The van der Waals surface area contributed by atoms with Crippen molar-refractivity contribution < 1.29 is 4.79 Å². The number of unbranched alkanes of at least 4 members (excludes halogenated alkanes) is 1. The minimum atomic E-state index is 0.112. The minimum Gasteiger partial charge on any atom is -0.384 e. The molecule has 1 amide bonds. The molecule has 94 valence electrons. The van der Waals surface area contributed by atoms with Gasteiger partial charge in [-0.05, 0) is 24.6 Å². The van der Waals surface area contributed by atoms with Crippen LogP contribution in [-0.2, 0) is 4.79 Å². The molecule has 0 aliphatic heterocycles. The quantitative estimate of drug-likeness (QED) is 0.759. The zero-order chi connectivity index (χ0) is 12.5. The fourth-order valence-electron chi connectivity index (χ4n) is 1.41. The molecule has 0 unspecified atom stereocenters. The first-order chi connectivity index (χ1) is 8.22. The number of carbonyl (C=O) groups excluding carboxylic acids is 1. The monoisotopic (exact) mass is 298 g/mol. The van der Waals surface area contributed by atoms with E-state index in [-0.39, 0.29) is 5.91 Å². The molecule has 0 saturated carbocycles. The third kappa shape index (κ3) is 6.31. The molecule has 2 N–H and O–H groups in total. The maximum absolute atomic E-state index is 11.4. The molecule has 0 spiro atoms. The number of carbonyl (C=O) groups is 1. The molecule has 0 saturated heterocycles. The van der Waals surface area contributed by atoms with Gasteiger partial charge in [0.1, 0.15) is 0 Å². The van der Waals surface area contributed by atoms with Crippen molar-refractivity contribution in [1.29, 1.82) is 0 Å². The van der Waals surface area contributed by atoms with Crippen LogP contribution in [-0.4, -0.2) is 19.0 Å². The first-order valence-electron chi connectivity index (χ1n) is 5.98. The van der Waals surface area contributed by atoms with E-state index in [4.69, 9.17) is 0 Å². The number of hydrogen-bond donors (Lipinski definition) is 2. The van der Waals surface area contributed by atoms with Gasteiger partial charge in [-0.1, -0.05) is 35.3 Å². The second kappa shape index (κ2) is 8.12. The van der Waals surface area contributed by atoms with Gasteiger partial charge in [-0.25, -0.2) is 0 Å². The Labute approximate surface area is 111 Å². The van der Waals surface area contributed by atoms with Crippen LogP contribution < -0.4 is 10.6 Å². The highest BCUT2D eigenvalue weighted by Gasteiger charge is 1.99. The van der Waals surface area contributed by atoms with E-state index >= 15 is 0 Å². The topological polar surface area (TPSA) is 41.1 Å². The van der Waals surface area contributed by atoms with Crippen molar-refractivity contribution in [2.45, 2.75) is 26.2 Å². The fourth-order valence-corrected chi connectivity index (χ4v) is 1.81. The summed E-state index contributed by atoms with van der Waals surface area (Å²) < 4.78 is 1.04. The summed E-state index contributed by atoms with van der Waals surface area (Å²) >= 11 is 3.41. The van der Waals surface area contributed by atoms with E-state index in [9.17, 15) is 4.79 Å². The lowest BCUT2D eigenvalue weighted by Gasteiger charge is -2.07. The molecule has 0 fully saturated rings. The number of amides is 1. The lowest BCUT2D eigenvalue weighted by molar-refractivity contribution is -0.120. The molecule has 3 nitrogen and oxygen atoms in total. The summed E-state index contributed by atoms with van der Waals surface area (Å²) in [6.07, 6.45) is 2.66. The molecule has 0 aliphatic rings. The zero-order valence-electron chi connectivity index (χ0n) is 10.1. The van der Waals surface area contributed by atoms with Crippen molar-refractivity contribution in [2.24, 2.45) is 0 Å². The average molecular weight is 299 g/mol. The number of rotatable bonds is 7. The predicted molar refractivity (Wildman–Crippen MR) is 75.2 cm³/mol. The first kappa shape index (κ1) is 14.0. The SMILES string of the molecule is CCCCNC(=O)CCNc1cccc(Br)c1.